The Labute approximate surface area is 174 Å². The largest absolute Gasteiger partial charge is 0.436 e. The molecule has 0 unspecified atom stereocenters. The van der Waals surface area contributed by atoms with Crippen LogP contribution in [0.25, 0.3) is 22.6 Å². The Hall–Kier alpha value is -3.42. The van der Waals surface area contributed by atoms with Gasteiger partial charge in [0.25, 0.3) is 0 Å². The van der Waals surface area contributed by atoms with E-state index < -0.39 is 6.09 Å². The van der Waals surface area contributed by atoms with E-state index in [9.17, 15) is 9.59 Å². The SMILES string of the molecule is CCC(=O)N[C@H]1CC[C@@H](N(C)C(=O)Oc2ccc(-c3nc4ccccc4o3)cn2)C1. The van der Waals surface area contributed by atoms with E-state index in [4.69, 9.17) is 9.15 Å². The van der Waals surface area contributed by atoms with Crippen molar-refractivity contribution in [1.82, 2.24) is 20.2 Å². The molecule has 2 amide bonds. The maximum Gasteiger partial charge on any atom is 0.416 e. The Bertz CT molecular complexity index is 1010. The zero-order valence-electron chi connectivity index (χ0n) is 17.0. The average Bonchev–Trinajstić information content (AvgIpc) is 3.40. The summed E-state index contributed by atoms with van der Waals surface area (Å²) in [5.74, 6) is 0.708. The van der Waals surface area contributed by atoms with E-state index >= 15 is 0 Å². The van der Waals surface area contributed by atoms with Crippen molar-refractivity contribution in [2.45, 2.75) is 44.7 Å². The molecule has 2 heterocycles. The smallest absolute Gasteiger partial charge is 0.416 e. The molecule has 0 spiro atoms. The van der Waals surface area contributed by atoms with Crippen LogP contribution in [0.3, 0.4) is 0 Å². The summed E-state index contributed by atoms with van der Waals surface area (Å²) in [4.78, 5) is 34.3. The molecule has 3 aromatic rings. The number of carbonyl (C=O) groups excluding carboxylic acids is 2. The summed E-state index contributed by atoms with van der Waals surface area (Å²) in [5.41, 5.74) is 2.17. The van der Waals surface area contributed by atoms with Crippen LogP contribution in [0.4, 0.5) is 4.79 Å². The van der Waals surface area contributed by atoms with Gasteiger partial charge in [-0.3, -0.25) is 4.79 Å². The molecule has 0 radical (unpaired) electrons. The van der Waals surface area contributed by atoms with Crippen molar-refractivity contribution >= 4 is 23.1 Å². The highest BCUT2D eigenvalue weighted by Gasteiger charge is 2.31. The summed E-state index contributed by atoms with van der Waals surface area (Å²) in [5, 5.41) is 2.99. The van der Waals surface area contributed by atoms with Crippen molar-refractivity contribution in [1.29, 1.82) is 0 Å². The van der Waals surface area contributed by atoms with Gasteiger partial charge in [0, 0.05) is 37.8 Å². The quantitative estimate of drug-likeness (QED) is 0.690. The monoisotopic (exact) mass is 408 g/mol. The number of amides is 2. The lowest BCUT2D eigenvalue weighted by Crippen LogP contribution is -2.39. The van der Waals surface area contributed by atoms with Crippen molar-refractivity contribution in [2.75, 3.05) is 7.05 Å². The summed E-state index contributed by atoms with van der Waals surface area (Å²) in [7, 11) is 1.71. The Morgan fingerprint density at radius 3 is 2.80 bits per heavy atom. The minimum Gasteiger partial charge on any atom is -0.436 e. The van der Waals surface area contributed by atoms with Crippen LogP contribution in [-0.2, 0) is 4.79 Å². The van der Waals surface area contributed by atoms with Gasteiger partial charge in [-0.15, -0.1) is 0 Å². The molecule has 4 rings (SSSR count). The average molecular weight is 408 g/mol. The van der Waals surface area contributed by atoms with Crippen LogP contribution in [0.2, 0.25) is 0 Å². The summed E-state index contributed by atoms with van der Waals surface area (Å²) in [6.07, 6.45) is 3.96. The lowest BCUT2D eigenvalue weighted by molar-refractivity contribution is -0.121. The van der Waals surface area contributed by atoms with Gasteiger partial charge in [0.1, 0.15) is 5.52 Å². The van der Waals surface area contributed by atoms with Crippen LogP contribution in [0.15, 0.2) is 47.0 Å². The predicted molar refractivity (Wildman–Crippen MR) is 111 cm³/mol. The fourth-order valence-electron chi connectivity index (χ4n) is 3.64. The van der Waals surface area contributed by atoms with Crippen LogP contribution in [-0.4, -0.2) is 46.0 Å². The molecule has 1 N–H and O–H groups in total. The topological polar surface area (TPSA) is 97.6 Å². The summed E-state index contributed by atoms with van der Waals surface area (Å²) >= 11 is 0. The summed E-state index contributed by atoms with van der Waals surface area (Å²) in [6, 6.07) is 11.0. The molecule has 1 saturated carbocycles. The van der Waals surface area contributed by atoms with Gasteiger partial charge in [-0.05, 0) is 37.5 Å². The van der Waals surface area contributed by atoms with Crippen molar-refractivity contribution in [2.24, 2.45) is 0 Å². The maximum atomic E-state index is 12.5. The Kier molecular flexibility index (Phi) is 5.65. The standard InChI is InChI=1S/C22H24N4O4/c1-3-19(27)24-15-9-10-16(12-15)26(2)22(28)30-20-11-8-14(13-23-20)21-25-17-6-4-5-7-18(17)29-21/h4-8,11,13,15-16H,3,9-10,12H2,1-2H3,(H,24,27)/t15-,16+/m0/s1. The van der Waals surface area contributed by atoms with Crippen LogP contribution in [0.1, 0.15) is 32.6 Å². The number of hydrogen-bond donors (Lipinski definition) is 1. The zero-order valence-corrected chi connectivity index (χ0v) is 17.0. The highest BCUT2D eigenvalue weighted by Crippen LogP contribution is 2.26. The minimum absolute atomic E-state index is 0.0266. The normalized spacial score (nSPS) is 18.3. The third kappa shape index (κ3) is 4.27. The molecule has 1 aromatic carbocycles. The highest BCUT2D eigenvalue weighted by atomic mass is 16.6. The van der Waals surface area contributed by atoms with E-state index in [0.29, 0.717) is 23.5 Å². The first-order valence-electron chi connectivity index (χ1n) is 10.1. The van der Waals surface area contributed by atoms with E-state index in [0.717, 1.165) is 24.8 Å². The number of fused-ring (bicyclic) bond motifs is 1. The molecule has 1 fully saturated rings. The number of aromatic nitrogens is 2. The highest BCUT2D eigenvalue weighted by molar-refractivity contribution is 5.76. The third-order valence-electron chi connectivity index (χ3n) is 5.40. The minimum atomic E-state index is -0.468. The molecule has 8 heteroatoms. The first kappa shape index (κ1) is 19.9. The number of ether oxygens (including phenoxy) is 1. The number of pyridine rings is 1. The maximum absolute atomic E-state index is 12.5. The Balaban J connectivity index is 1.36. The predicted octanol–water partition coefficient (Wildman–Crippen LogP) is 3.77. The van der Waals surface area contributed by atoms with Gasteiger partial charge in [0.15, 0.2) is 5.58 Å². The molecule has 156 valence electrons. The number of nitrogens with zero attached hydrogens (tertiary/aromatic N) is 3. The van der Waals surface area contributed by atoms with E-state index in [1.54, 1.807) is 30.3 Å². The molecular weight excluding hydrogens is 384 g/mol. The van der Waals surface area contributed by atoms with Gasteiger partial charge in [-0.1, -0.05) is 19.1 Å². The molecule has 0 bridgehead atoms. The van der Waals surface area contributed by atoms with Gasteiger partial charge in [-0.25, -0.2) is 14.8 Å². The van der Waals surface area contributed by atoms with Gasteiger partial charge >= 0.3 is 6.09 Å². The van der Waals surface area contributed by atoms with Crippen LogP contribution in [0.5, 0.6) is 5.88 Å². The van der Waals surface area contributed by atoms with Crippen molar-refractivity contribution < 1.29 is 18.7 Å². The number of benzene rings is 1. The first-order chi connectivity index (χ1) is 14.5. The van der Waals surface area contributed by atoms with Crippen molar-refractivity contribution in [3.05, 3.63) is 42.6 Å². The fraction of sp³-hybridized carbons (Fsp3) is 0.364. The summed E-state index contributed by atoms with van der Waals surface area (Å²) < 4.78 is 11.1. The molecule has 2 atom stereocenters. The molecule has 1 aliphatic rings. The molecule has 2 aromatic heterocycles. The van der Waals surface area contributed by atoms with Crippen LogP contribution >= 0.6 is 0 Å². The number of carbonyl (C=O) groups is 2. The molecule has 0 saturated heterocycles. The number of rotatable bonds is 5. The molecule has 8 nitrogen and oxygen atoms in total. The molecule has 0 aliphatic heterocycles. The number of para-hydroxylation sites is 2. The summed E-state index contributed by atoms with van der Waals surface area (Å²) in [6.45, 7) is 1.83. The first-order valence-corrected chi connectivity index (χ1v) is 10.1. The van der Waals surface area contributed by atoms with Crippen LogP contribution < -0.4 is 10.1 Å². The number of nitrogens with one attached hydrogen (secondary N) is 1. The van der Waals surface area contributed by atoms with Gasteiger partial charge in [0.05, 0.1) is 5.56 Å². The molecule has 1 aliphatic carbocycles. The lowest BCUT2D eigenvalue weighted by atomic mass is 10.2. The van der Waals surface area contributed by atoms with Crippen molar-refractivity contribution in [3.8, 4) is 17.3 Å². The van der Waals surface area contributed by atoms with Crippen molar-refractivity contribution in [3.63, 3.8) is 0 Å². The second kappa shape index (κ2) is 8.52. The second-order valence-electron chi connectivity index (χ2n) is 7.44. The number of hydrogen-bond acceptors (Lipinski definition) is 6. The van der Waals surface area contributed by atoms with Gasteiger partial charge in [-0.2, -0.15) is 0 Å². The molecular formula is C22H24N4O4. The van der Waals surface area contributed by atoms with Gasteiger partial charge < -0.3 is 19.4 Å². The van der Waals surface area contributed by atoms with Crippen LogP contribution in [0, 0.1) is 0 Å². The van der Waals surface area contributed by atoms with E-state index in [1.807, 2.05) is 31.2 Å². The van der Waals surface area contributed by atoms with E-state index in [1.165, 1.54) is 0 Å². The Morgan fingerprint density at radius 2 is 2.07 bits per heavy atom. The van der Waals surface area contributed by atoms with Gasteiger partial charge in [0.2, 0.25) is 17.7 Å². The lowest BCUT2D eigenvalue weighted by Gasteiger charge is -2.23. The Morgan fingerprint density at radius 1 is 1.23 bits per heavy atom. The number of oxazole rings is 1. The zero-order chi connectivity index (χ0) is 21.1. The van der Waals surface area contributed by atoms with E-state index in [-0.39, 0.29) is 23.9 Å². The van der Waals surface area contributed by atoms with E-state index in [2.05, 4.69) is 15.3 Å². The molecule has 30 heavy (non-hydrogen) atoms. The third-order valence-corrected chi connectivity index (χ3v) is 5.40. The second-order valence-corrected chi connectivity index (χ2v) is 7.44. The fourth-order valence-corrected chi connectivity index (χ4v) is 3.64.